The number of amides is 2. The second kappa shape index (κ2) is 10.1. The molecule has 1 saturated heterocycles. The largest absolute Gasteiger partial charge is 0.352 e. The molecular weight excluding hydrogens is 398 g/mol. The zero-order valence-electron chi connectivity index (χ0n) is 18.8. The van der Waals surface area contributed by atoms with Crippen molar-refractivity contribution >= 4 is 11.8 Å². The van der Waals surface area contributed by atoms with Crippen LogP contribution in [0.4, 0.5) is 0 Å². The molecule has 2 aliphatic rings. The molecule has 2 amide bonds. The number of hydrogen-bond acceptors (Lipinski definition) is 3. The van der Waals surface area contributed by atoms with Crippen molar-refractivity contribution < 1.29 is 9.59 Å². The molecule has 1 aliphatic carbocycles. The fraction of sp³-hybridized carbons (Fsp3) is 0.444. The Labute approximate surface area is 190 Å². The molecule has 1 aromatic carbocycles. The minimum atomic E-state index is -0.508. The molecule has 2 heterocycles. The molecule has 1 aliphatic heterocycles. The van der Waals surface area contributed by atoms with Crippen LogP contribution in [0.25, 0.3) is 11.1 Å². The number of pyridine rings is 1. The zero-order valence-corrected chi connectivity index (χ0v) is 18.8. The molecule has 168 valence electrons. The molecule has 0 bridgehead atoms. The van der Waals surface area contributed by atoms with Crippen molar-refractivity contribution in [3.05, 3.63) is 67.0 Å². The lowest BCUT2D eigenvalue weighted by molar-refractivity contribution is -0.143. The highest BCUT2D eigenvalue weighted by atomic mass is 16.2. The number of carbonyl (C=O) groups is 2. The average Bonchev–Trinajstić information content (AvgIpc) is 3.38. The smallest absolute Gasteiger partial charge is 0.226 e. The highest BCUT2D eigenvalue weighted by molar-refractivity contribution is 5.84. The summed E-state index contributed by atoms with van der Waals surface area (Å²) in [6.45, 7) is 5.50. The Morgan fingerprint density at radius 2 is 1.81 bits per heavy atom. The first kappa shape index (κ1) is 22.3. The number of nitrogens with zero attached hydrogens (tertiary/aromatic N) is 2. The van der Waals surface area contributed by atoms with E-state index in [1.54, 1.807) is 18.5 Å². The second-order valence-corrected chi connectivity index (χ2v) is 9.20. The summed E-state index contributed by atoms with van der Waals surface area (Å²) >= 11 is 0. The van der Waals surface area contributed by atoms with E-state index in [2.05, 4.69) is 41.1 Å². The summed E-state index contributed by atoms with van der Waals surface area (Å²) in [7, 11) is 0. The van der Waals surface area contributed by atoms with E-state index in [1.807, 2.05) is 17.0 Å². The summed E-state index contributed by atoms with van der Waals surface area (Å²) in [6, 6.07) is 12.4. The number of carbonyl (C=O) groups excluding carboxylic acids is 2. The molecule has 2 aromatic rings. The van der Waals surface area contributed by atoms with E-state index >= 15 is 0 Å². The molecule has 0 radical (unpaired) electrons. The van der Waals surface area contributed by atoms with Gasteiger partial charge in [-0.05, 0) is 60.9 Å². The van der Waals surface area contributed by atoms with Crippen LogP contribution in [-0.4, -0.2) is 41.3 Å². The van der Waals surface area contributed by atoms with E-state index in [-0.39, 0.29) is 11.8 Å². The topological polar surface area (TPSA) is 62.3 Å². The summed E-state index contributed by atoms with van der Waals surface area (Å²) in [5, 5.41) is 3.04. The first-order valence-electron chi connectivity index (χ1n) is 11.8. The van der Waals surface area contributed by atoms with E-state index in [0.717, 1.165) is 42.4 Å². The maximum atomic E-state index is 13.3. The van der Waals surface area contributed by atoms with Crippen molar-refractivity contribution in [2.24, 2.45) is 11.3 Å². The van der Waals surface area contributed by atoms with Gasteiger partial charge in [-0.15, -0.1) is 6.58 Å². The Bertz CT molecular complexity index is 942. The Balaban J connectivity index is 1.52. The van der Waals surface area contributed by atoms with Gasteiger partial charge in [0.2, 0.25) is 11.8 Å². The first-order valence-corrected chi connectivity index (χ1v) is 11.8. The Kier molecular flexibility index (Phi) is 7.03. The summed E-state index contributed by atoms with van der Waals surface area (Å²) in [5.41, 5.74) is 2.87. The van der Waals surface area contributed by atoms with Gasteiger partial charge in [0.1, 0.15) is 0 Å². The van der Waals surface area contributed by atoms with Crippen LogP contribution in [0, 0.1) is 11.3 Å². The molecule has 0 unspecified atom stereocenters. The monoisotopic (exact) mass is 431 g/mol. The van der Waals surface area contributed by atoms with Gasteiger partial charge in [-0.2, -0.15) is 0 Å². The lowest BCUT2D eigenvalue weighted by atomic mass is 9.72. The van der Waals surface area contributed by atoms with E-state index in [0.29, 0.717) is 44.8 Å². The number of benzene rings is 1. The third kappa shape index (κ3) is 4.93. The van der Waals surface area contributed by atoms with Gasteiger partial charge in [-0.3, -0.25) is 14.6 Å². The minimum Gasteiger partial charge on any atom is -0.352 e. The molecule has 0 atom stereocenters. The molecule has 1 N–H and O–H groups in total. The molecule has 32 heavy (non-hydrogen) atoms. The molecule has 1 saturated carbocycles. The highest BCUT2D eigenvalue weighted by Crippen LogP contribution is 2.38. The van der Waals surface area contributed by atoms with Gasteiger partial charge in [-0.25, -0.2) is 0 Å². The summed E-state index contributed by atoms with van der Waals surface area (Å²) in [6.07, 6.45) is 11.7. The molecule has 1 aromatic heterocycles. The van der Waals surface area contributed by atoms with E-state index in [9.17, 15) is 9.59 Å². The normalized spacial score (nSPS) is 18.3. The summed E-state index contributed by atoms with van der Waals surface area (Å²) in [4.78, 5) is 32.3. The Morgan fingerprint density at radius 1 is 1.09 bits per heavy atom. The summed E-state index contributed by atoms with van der Waals surface area (Å²) < 4.78 is 0. The third-order valence-corrected chi connectivity index (χ3v) is 7.11. The molecule has 2 fully saturated rings. The maximum absolute atomic E-state index is 13.3. The fourth-order valence-electron chi connectivity index (χ4n) is 5.22. The lowest BCUT2D eigenvalue weighted by Gasteiger charge is -2.41. The predicted molar refractivity (Wildman–Crippen MR) is 127 cm³/mol. The van der Waals surface area contributed by atoms with Gasteiger partial charge in [0.05, 0.1) is 5.41 Å². The highest BCUT2D eigenvalue weighted by Gasteiger charge is 2.43. The number of nitrogens with one attached hydrogen (secondary N) is 1. The quantitative estimate of drug-likeness (QED) is 0.661. The number of rotatable bonds is 7. The van der Waals surface area contributed by atoms with Crippen molar-refractivity contribution in [1.82, 2.24) is 15.2 Å². The van der Waals surface area contributed by atoms with E-state index in [4.69, 9.17) is 0 Å². The van der Waals surface area contributed by atoms with Gasteiger partial charge in [0, 0.05) is 37.9 Å². The Hall–Kier alpha value is -2.95. The van der Waals surface area contributed by atoms with Crippen LogP contribution in [0.3, 0.4) is 0 Å². The van der Waals surface area contributed by atoms with Gasteiger partial charge in [-0.1, -0.05) is 43.2 Å². The van der Waals surface area contributed by atoms with Gasteiger partial charge < -0.3 is 10.2 Å². The van der Waals surface area contributed by atoms with E-state index in [1.165, 1.54) is 0 Å². The zero-order chi connectivity index (χ0) is 22.4. The lowest BCUT2D eigenvalue weighted by Crippen LogP contribution is -2.52. The van der Waals surface area contributed by atoms with Crippen molar-refractivity contribution in [2.75, 3.05) is 19.6 Å². The van der Waals surface area contributed by atoms with Crippen LogP contribution in [0.2, 0.25) is 0 Å². The van der Waals surface area contributed by atoms with Crippen LogP contribution in [0.5, 0.6) is 0 Å². The first-order chi connectivity index (χ1) is 15.6. The van der Waals surface area contributed by atoms with Crippen molar-refractivity contribution in [3.63, 3.8) is 0 Å². The van der Waals surface area contributed by atoms with Crippen molar-refractivity contribution in [1.29, 1.82) is 0 Å². The molecule has 0 spiro atoms. The fourth-order valence-corrected chi connectivity index (χ4v) is 5.22. The van der Waals surface area contributed by atoms with Crippen LogP contribution in [0.1, 0.15) is 44.1 Å². The number of likely N-dealkylation sites (tertiary alicyclic amines) is 1. The molecule has 5 nitrogen and oxygen atoms in total. The van der Waals surface area contributed by atoms with Gasteiger partial charge in [0.25, 0.3) is 0 Å². The maximum Gasteiger partial charge on any atom is 0.226 e. The summed E-state index contributed by atoms with van der Waals surface area (Å²) in [5.74, 6) is 0.552. The minimum absolute atomic E-state index is 0.0691. The predicted octanol–water partition coefficient (Wildman–Crippen LogP) is 4.39. The molecular formula is C27H33N3O2. The Morgan fingerprint density at radius 3 is 2.50 bits per heavy atom. The van der Waals surface area contributed by atoms with Crippen LogP contribution < -0.4 is 5.32 Å². The van der Waals surface area contributed by atoms with Gasteiger partial charge >= 0.3 is 0 Å². The average molecular weight is 432 g/mol. The number of aromatic nitrogens is 1. The second-order valence-electron chi connectivity index (χ2n) is 9.20. The number of hydrogen-bond donors (Lipinski definition) is 1. The van der Waals surface area contributed by atoms with Crippen molar-refractivity contribution in [2.45, 2.75) is 44.9 Å². The third-order valence-electron chi connectivity index (χ3n) is 7.11. The molecule has 4 rings (SSSR count). The standard InChI is InChI=1S/C27H33N3O2/c1-2-14-29-26(32)27(12-17-30(18-13-27)25(31)23-7-3-4-8-23)20-21-6-5-9-24(19-21)22-10-15-28-16-11-22/h2,5-6,9-11,15-16,19,23H,1,3-4,7-8,12-14,17-18,20H2,(H,29,32). The van der Waals surface area contributed by atoms with Crippen LogP contribution >= 0.6 is 0 Å². The molecule has 5 heteroatoms. The SMILES string of the molecule is C=CCNC(=O)C1(Cc2cccc(-c3ccncc3)c2)CCN(C(=O)C2CCCC2)CC1. The van der Waals surface area contributed by atoms with Gasteiger partial charge in [0.15, 0.2) is 0 Å². The number of piperidine rings is 1. The van der Waals surface area contributed by atoms with E-state index < -0.39 is 5.41 Å². The van der Waals surface area contributed by atoms with Crippen LogP contribution in [0.15, 0.2) is 61.4 Å². The van der Waals surface area contributed by atoms with Crippen molar-refractivity contribution in [3.8, 4) is 11.1 Å². The van der Waals surface area contributed by atoms with Crippen LogP contribution in [-0.2, 0) is 16.0 Å².